The van der Waals surface area contributed by atoms with Gasteiger partial charge in [-0.1, -0.05) is 36.2 Å². The minimum absolute atomic E-state index is 0.0297. The molecule has 0 radical (unpaired) electrons. The number of nitrogens with zero attached hydrogens (tertiary/aromatic N) is 2. The van der Waals surface area contributed by atoms with E-state index in [1.54, 1.807) is 30.6 Å². The maximum Gasteiger partial charge on any atom is 0.255 e. The van der Waals surface area contributed by atoms with Gasteiger partial charge in [-0.25, -0.2) is 0 Å². The first-order valence-electron chi connectivity index (χ1n) is 8.34. The molecule has 1 aliphatic heterocycles. The fourth-order valence-corrected chi connectivity index (χ4v) is 3.18. The second kappa shape index (κ2) is 8.07. The lowest BCUT2D eigenvalue weighted by molar-refractivity contribution is 0.0696. The van der Waals surface area contributed by atoms with Crippen molar-refractivity contribution in [3.63, 3.8) is 0 Å². The number of pyridine rings is 1. The third-order valence-electron chi connectivity index (χ3n) is 4.42. The van der Waals surface area contributed by atoms with E-state index in [9.17, 15) is 4.79 Å². The van der Waals surface area contributed by atoms with E-state index < -0.39 is 0 Å². The van der Waals surface area contributed by atoms with Crippen LogP contribution in [0, 0.1) is 5.92 Å². The van der Waals surface area contributed by atoms with Crippen molar-refractivity contribution in [3.8, 4) is 5.75 Å². The Morgan fingerprint density at radius 2 is 2.04 bits per heavy atom. The molecule has 1 aliphatic rings. The van der Waals surface area contributed by atoms with Crippen LogP contribution in [0.4, 0.5) is 0 Å². The van der Waals surface area contributed by atoms with E-state index in [0.717, 1.165) is 31.5 Å². The number of carbonyl (C=O) groups is 1. The van der Waals surface area contributed by atoms with Gasteiger partial charge in [0.05, 0.1) is 10.6 Å². The zero-order chi connectivity index (χ0) is 17.8. The van der Waals surface area contributed by atoms with Crippen LogP contribution >= 0.6 is 23.2 Å². The monoisotopic (exact) mass is 378 g/mol. The number of aromatic nitrogens is 1. The predicted octanol–water partition coefficient (Wildman–Crippen LogP) is 4.84. The van der Waals surface area contributed by atoms with Crippen molar-refractivity contribution in [2.75, 3.05) is 13.1 Å². The number of hydrogen-bond donors (Lipinski definition) is 0. The SMILES string of the molecule is CC1CCN(C(=O)c2cncc(COc3cccc(Cl)c3Cl)c2)CC1. The number of hydrogen-bond acceptors (Lipinski definition) is 3. The summed E-state index contributed by atoms with van der Waals surface area (Å²) in [4.78, 5) is 18.7. The summed E-state index contributed by atoms with van der Waals surface area (Å²) in [6, 6.07) is 7.06. The fraction of sp³-hybridized carbons (Fsp3) is 0.368. The van der Waals surface area contributed by atoms with Crippen molar-refractivity contribution in [2.45, 2.75) is 26.4 Å². The Kier molecular flexibility index (Phi) is 5.82. The summed E-state index contributed by atoms with van der Waals surface area (Å²) in [5, 5.41) is 0.826. The smallest absolute Gasteiger partial charge is 0.255 e. The Balaban J connectivity index is 1.67. The van der Waals surface area contributed by atoms with Gasteiger partial charge in [0.2, 0.25) is 0 Å². The number of ether oxygens (including phenoxy) is 1. The van der Waals surface area contributed by atoms with Gasteiger partial charge in [0.15, 0.2) is 0 Å². The maximum absolute atomic E-state index is 12.6. The van der Waals surface area contributed by atoms with Crippen molar-refractivity contribution in [3.05, 3.63) is 57.8 Å². The fourth-order valence-electron chi connectivity index (χ4n) is 2.83. The molecule has 1 saturated heterocycles. The van der Waals surface area contributed by atoms with Gasteiger partial charge in [-0.15, -0.1) is 0 Å². The molecule has 0 bridgehead atoms. The van der Waals surface area contributed by atoms with E-state index in [4.69, 9.17) is 27.9 Å². The van der Waals surface area contributed by atoms with Crippen LogP contribution in [0.15, 0.2) is 36.7 Å². The van der Waals surface area contributed by atoms with Gasteiger partial charge in [0.1, 0.15) is 17.4 Å². The number of carbonyl (C=O) groups excluding carboxylic acids is 1. The van der Waals surface area contributed by atoms with Crippen LogP contribution in [0.5, 0.6) is 5.75 Å². The molecule has 3 rings (SSSR count). The Morgan fingerprint density at radius 1 is 1.28 bits per heavy atom. The molecule has 6 heteroatoms. The molecule has 0 spiro atoms. The zero-order valence-electron chi connectivity index (χ0n) is 14.0. The lowest BCUT2D eigenvalue weighted by Crippen LogP contribution is -2.38. The molecule has 2 heterocycles. The molecule has 132 valence electrons. The second-order valence-electron chi connectivity index (χ2n) is 6.40. The molecular formula is C19H20Cl2N2O2. The Labute approximate surface area is 157 Å². The van der Waals surface area contributed by atoms with Crippen molar-refractivity contribution in [1.82, 2.24) is 9.88 Å². The second-order valence-corrected chi connectivity index (χ2v) is 7.18. The minimum atomic E-state index is 0.0297. The zero-order valence-corrected chi connectivity index (χ0v) is 15.6. The molecule has 0 atom stereocenters. The van der Waals surface area contributed by atoms with Gasteiger partial charge in [-0.2, -0.15) is 0 Å². The van der Waals surface area contributed by atoms with Crippen molar-refractivity contribution >= 4 is 29.1 Å². The summed E-state index contributed by atoms with van der Waals surface area (Å²) in [5.41, 5.74) is 1.40. The molecule has 0 N–H and O–H groups in total. The first kappa shape index (κ1) is 18.0. The van der Waals surface area contributed by atoms with Crippen LogP contribution in [0.2, 0.25) is 10.0 Å². The van der Waals surface area contributed by atoms with Crippen molar-refractivity contribution in [1.29, 1.82) is 0 Å². The van der Waals surface area contributed by atoms with Crippen molar-refractivity contribution < 1.29 is 9.53 Å². The highest BCUT2D eigenvalue weighted by atomic mass is 35.5. The predicted molar refractivity (Wildman–Crippen MR) is 99.3 cm³/mol. The van der Waals surface area contributed by atoms with E-state index in [1.807, 2.05) is 11.0 Å². The molecule has 1 aromatic heterocycles. The Bertz CT molecular complexity index is 759. The molecule has 0 saturated carbocycles. The normalized spacial score (nSPS) is 15.2. The van der Waals surface area contributed by atoms with Crippen LogP contribution in [0.1, 0.15) is 35.7 Å². The van der Waals surface area contributed by atoms with Crippen LogP contribution in [0.25, 0.3) is 0 Å². The number of piperidine rings is 1. The molecule has 1 amide bonds. The first-order valence-corrected chi connectivity index (χ1v) is 9.10. The number of amides is 1. The third kappa shape index (κ3) is 4.44. The lowest BCUT2D eigenvalue weighted by Gasteiger charge is -2.30. The van der Waals surface area contributed by atoms with E-state index in [-0.39, 0.29) is 12.5 Å². The van der Waals surface area contributed by atoms with Gasteiger partial charge >= 0.3 is 0 Å². The highest BCUT2D eigenvalue weighted by Gasteiger charge is 2.21. The highest BCUT2D eigenvalue weighted by molar-refractivity contribution is 6.42. The van der Waals surface area contributed by atoms with E-state index in [0.29, 0.717) is 27.3 Å². The van der Waals surface area contributed by atoms with Gasteiger partial charge in [0.25, 0.3) is 5.91 Å². The summed E-state index contributed by atoms with van der Waals surface area (Å²) < 4.78 is 5.72. The van der Waals surface area contributed by atoms with Crippen LogP contribution in [-0.4, -0.2) is 28.9 Å². The molecule has 1 fully saturated rings. The number of likely N-dealkylation sites (tertiary alicyclic amines) is 1. The average molecular weight is 379 g/mol. The maximum atomic E-state index is 12.6. The van der Waals surface area contributed by atoms with Gasteiger partial charge in [-0.05, 0) is 37.0 Å². The summed E-state index contributed by atoms with van der Waals surface area (Å²) in [6.07, 6.45) is 5.40. The molecule has 0 unspecified atom stereocenters. The largest absolute Gasteiger partial charge is 0.487 e. The molecule has 25 heavy (non-hydrogen) atoms. The quantitative estimate of drug-likeness (QED) is 0.764. The topological polar surface area (TPSA) is 42.4 Å². The molecule has 0 aliphatic carbocycles. The first-order chi connectivity index (χ1) is 12.0. The number of rotatable bonds is 4. The van der Waals surface area contributed by atoms with Crippen LogP contribution < -0.4 is 4.74 Å². The molecule has 4 nitrogen and oxygen atoms in total. The minimum Gasteiger partial charge on any atom is -0.487 e. The number of benzene rings is 1. The summed E-state index contributed by atoms with van der Waals surface area (Å²) >= 11 is 12.1. The Hall–Kier alpha value is -1.78. The standard InChI is InChI=1S/C19H20Cl2N2O2/c1-13-5-7-23(8-6-13)19(24)15-9-14(10-22-11-15)12-25-17-4-2-3-16(20)18(17)21/h2-4,9-11,13H,5-8,12H2,1H3. The lowest BCUT2D eigenvalue weighted by atomic mass is 9.99. The average Bonchev–Trinajstić information content (AvgIpc) is 2.63. The number of halogens is 2. The summed E-state index contributed by atoms with van der Waals surface area (Å²) in [7, 11) is 0. The molecular weight excluding hydrogens is 359 g/mol. The van der Waals surface area contributed by atoms with E-state index in [2.05, 4.69) is 11.9 Å². The molecule has 2 aromatic rings. The van der Waals surface area contributed by atoms with E-state index >= 15 is 0 Å². The van der Waals surface area contributed by atoms with Gasteiger partial charge < -0.3 is 9.64 Å². The van der Waals surface area contributed by atoms with E-state index in [1.165, 1.54) is 0 Å². The highest BCUT2D eigenvalue weighted by Crippen LogP contribution is 2.32. The summed E-state index contributed by atoms with van der Waals surface area (Å²) in [5.74, 6) is 1.22. The van der Waals surface area contributed by atoms with Gasteiger partial charge in [0, 0.05) is 31.0 Å². The third-order valence-corrected chi connectivity index (χ3v) is 5.22. The van der Waals surface area contributed by atoms with Gasteiger partial charge in [-0.3, -0.25) is 9.78 Å². The Morgan fingerprint density at radius 3 is 2.80 bits per heavy atom. The van der Waals surface area contributed by atoms with Crippen LogP contribution in [-0.2, 0) is 6.61 Å². The van der Waals surface area contributed by atoms with Crippen LogP contribution in [0.3, 0.4) is 0 Å². The van der Waals surface area contributed by atoms with Crippen molar-refractivity contribution in [2.24, 2.45) is 5.92 Å². The summed E-state index contributed by atoms with van der Waals surface area (Å²) in [6.45, 7) is 4.10. The molecule has 1 aromatic carbocycles.